The Labute approximate surface area is 117 Å². The number of nitrogens with zero attached hydrogens (tertiary/aromatic N) is 3. The molecular formula is C13H19N5O2. The molecule has 0 radical (unpaired) electrons. The van der Waals surface area contributed by atoms with Crippen molar-refractivity contribution in [1.29, 1.82) is 0 Å². The molecule has 1 fully saturated rings. The largest absolute Gasteiger partial charge is 0.465 e. The van der Waals surface area contributed by atoms with E-state index in [0.717, 1.165) is 17.8 Å². The summed E-state index contributed by atoms with van der Waals surface area (Å²) in [6.45, 7) is 5.19. The van der Waals surface area contributed by atoms with E-state index in [4.69, 9.17) is 5.73 Å². The van der Waals surface area contributed by atoms with Gasteiger partial charge in [0.15, 0.2) is 11.5 Å². The Kier molecular flexibility index (Phi) is 2.74. The highest BCUT2D eigenvalue weighted by Crippen LogP contribution is 2.42. The smallest absolute Gasteiger partial charge is 0.409 e. The number of rotatable bonds is 1. The van der Waals surface area contributed by atoms with Crippen molar-refractivity contribution in [2.45, 2.75) is 51.0 Å². The fraction of sp³-hybridized carbons (Fsp3) is 0.615. The maximum atomic E-state index is 11.6. The summed E-state index contributed by atoms with van der Waals surface area (Å²) in [6, 6.07) is 0. The van der Waals surface area contributed by atoms with E-state index in [1.54, 1.807) is 6.20 Å². The lowest BCUT2D eigenvalue weighted by atomic mass is 10.0. The standard InChI is InChI=1S/C13H19N5O2/c1-12(2)3-4-13(14,18(12)11(19)20)10-16-6-8-5-15-7-9(8)17-10/h6,15H,3-5,7,14H2,1-2H3,(H,19,20). The number of carboxylic acid groups (broad SMARTS) is 1. The van der Waals surface area contributed by atoms with Crippen LogP contribution >= 0.6 is 0 Å². The topological polar surface area (TPSA) is 104 Å². The van der Waals surface area contributed by atoms with Crippen LogP contribution in [0.3, 0.4) is 0 Å². The second-order valence-electron chi connectivity index (χ2n) is 6.12. The molecule has 1 atom stereocenters. The minimum atomic E-state index is -1.15. The van der Waals surface area contributed by atoms with Crippen molar-refractivity contribution in [2.75, 3.05) is 0 Å². The SMILES string of the molecule is CC1(C)CCC(N)(c2ncc3c(n2)CNC3)N1C(=O)O. The Morgan fingerprint density at radius 2 is 2.20 bits per heavy atom. The Balaban J connectivity index is 2.05. The molecule has 20 heavy (non-hydrogen) atoms. The fourth-order valence-electron chi connectivity index (χ4n) is 3.17. The molecule has 0 aliphatic carbocycles. The van der Waals surface area contributed by atoms with Gasteiger partial charge in [0.2, 0.25) is 0 Å². The average Bonchev–Trinajstić information content (AvgIpc) is 2.91. The van der Waals surface area contributed by atoms with E-state index >= 15 is 0 Å². The number of likely N-dealkylation sites (tertiary alicyclic amines) is 1. The van der Waals surface area contributed by atoms with Crippen LogP contribution in [-0.2, 0) is 18.8 Å². The van der Waals surface area contributed by atoms with Gasteiger partial charge in [-0.3, -0.25) is 4.90 Å². The van der Waals surface area contributed by atoms with E-state index in [2.05, 4.69) is 15.3 Å². The maximum Gasteiger partial charge on any atom is 0.409 e. The highest BCUT2D eigenvalue weighted by atomic mass is 16.4. The molecular weight excluding hydrogens is 258 g/mol. The lowest BCUT2D eigenvalue weighted by molar-refractivity contribution is 0.0502. The van der Waals surface area contributed by atoms with E-state index in [-0.39, 0.29) is 0 Å². The normalized spacial score (nSPS) is 27.6. The van der Waals surface area contributed by atoms with Gasteiger partial charge in [0.05, 0.1) is 5.69 Å². The van der Waals surface area contributed by atoms with Gasteiger partial charge in [-0.15, -0.1) is 0 Å². The van der Waals surface area contributed by atoms with Crippen LogP contribution in [-0.4, -0.2) is 31.6 Å². The lowest BCUT2D eigenvalue weighted by Crippen LogP contribution is -2.58. The van der Waals surface area contributed by atoms with Crippen LogP contribution in [0, 0.1) is 0 Å². The van der Waals surface area contributed by atoms with Crippen molar-refractivity contribution in [1.82, 2.24) is 20.2 Å². The Morgan fingerprint density at radius 3 is 2.90 bits per heavy atom. The summed E-state index contributed by atoms with van der Waals surface area (Å²) < 4.78 is 0. The fourth-order valence-corrected chi connectivity index (χ4v) is 3.17. The van der Waals surface area contributed by atoms with Gasteiger partial charge in [-0.1, -0.05) is 0 Å². The minimum Gasteiger partial charge on any atom is -0.465 e. The quantitative estimate of drug-likeness (QED) is 0.699. The van der Waals surface area contributed by atoms with Crippen LogP contribution in [0.5, 0.6) is 0 Å². The van der Waals surface area contributed by atoms with Crippen LogP contribution in [0.1, 0.15) is 43.8 Å². The summed E-state index contributed by atoms with van der Waals surface area (Å²) >= 11 is 0. The summed E-state index contributed by atoms with van der Waals surface area (Å²) in [7, 11) is 0. The van der Waals surface area contributed by atoms with Crippen molar-refractivity contribution < 1.29 is 9.90 Å². The van der Waals surface area contributed by atoms with Gasteiger partial charge >= 0.3 is 6.09 Å². The minimum absolute atomic E-state index is 0.396. The van der Waals surface area contributed by atoms with Crippen molar-refractivity contribution in [3.8, 4) is 0 Å². The third-order valence-electron chi connectivity index (χ3n) is 4.26. The van der Waals surface area contributed by atoms with E-state index in [1.807, 2.05) is 13.8 Å². The molecule has 3 heterocycles. The van der Waals surface area contributed by atoms with Crippen molar-refractivity contribution in [2.24, 2.45) is 5.73 Å². The Bertz CT molecular complexity index is 574. The van der Waals surface area contributed by atoms with Gasteiger partial charge < -0.3 is 16.2 Å². The molecule has 108 valence electrons. The summed E-state index contributed by atoms with van der Waals surface area (Å²) in [5, 5.41) is 12.7. The highest BCUT2D eigenvalue weighted by molar-refractivity contribution is 5.68. The highest BCUT2D eigenvalue weighted by Gasteiger charge is 2.53. The zero-order valence-electron chi connectivity index (χ0n) is 11.7. The first kappa shape index (κ1) is 13.3. The van der Waals surface area contributed by atoms with E-state index in [0.29, 0.717) is 25.2 Å². The predicted octanol–water partition coefficient (Wildman–Crippen LogP) is 0.744. The van der Waals surface area contributed by atoms with E-state index in [9.17, 15) is 9.90 Å². The first-order valence-corrected chi connectivity index (χ1v) is 6.73. The molecule has 7 heteroatoms. The zero-order chi connectivity index (χ0) is 14.5. The molecule has 3 rings (SSSR count). The van der Waals surface area contributed by atoms with Crippen LogP contribution in [0.15, 0.2) is 6.20 Å². The van der Waals surface area contributed by atoms with Crippen LogP contribution in [0.4, 0.5) is 4.79 Å². The van der Waals surface area contributed by atoms with E-state index in [1.165, 1.54) is 4.90 Å². The molecule has 1 amide bonds. The molecule has 4 N–H and O–H groups in total. The summed E-state index contributed by atoms with van der Waals surface area (Å²) in [4.78, 5) is 21.7. The van der Waals surface area contributed by atoms with Gasteiger partial charge in [0, 0.05) is 30.4 Å². The second-order valence-corrected chi connectivity index (χ2v) is 6.12. The van der Waals surface area contributed by atoms with Gasteiger partial charge in [-0.05, 0) is 26.7 Å². The molecule has 1 unspecified atom stereocenters. The third-order valence-corrected chi connectivity index (χ3v) is 4.26. The van der Waals surface area contributed by atoms with Crippen LogP contribution in [0.2, 0.25) is 0 Å². The number of amides is 1. The first-order valence-electron chi connectivity index (χ1n) is 6.73. The molecule has 1 saturated heterocycles. The van der Waals surface area contributed by atoms with Gasteiger partial charge in [0.25, 0.3) is 0 Å². The van der Waals surface area contributed by atoms with Gasteiger partial charge in [-0.2, -0.15) is 0 Å². The number of nitrogens with two attached hydrogens (primary N) is 1. The molecule has 0 spiro atoms. The number of carbonyl (C=O) groups is 1. The maximum absolute atomic E-state index is 11.6. The molecule has 0 aromatic carbocycles. The third kappa shape index (κ3) is 1.77. The molecule has 1 aromatic rings. The van der Waals surface area contributed by atoms with Gasteiger partial charge in [-0.25, -0.2) is 14.8 Å². The second kappa shape index (κ2) is 4.13. The molecule has 0 saturated carbocycles. The summed E-state index contributed by atoms with van der Waals surface area (Å²) in [5.74, 6) is 0.396. The first-order chi connectivity index (χ1) is 9.34. The number of hydrogen-bond acceptors (Lipinski definition) is 5. The summed E-state index contributed by atoms with van der Waals surface area (Å²) in [6.07, 6.45) is 1.93. The average molecular weight is 277 g/mol. The molecule has 1 aromatic heterocycles. The number of aromatic nitrogens is 2. The zero-order valence-corrected chi connectivity index (χ0v) is 11.7. The van der Waals surface area contributed by atoms with Crippen LogP contribution < -0.4 is 11.1 Å². The molecule has 2 aliphatic heterocycles. The van der Waals surface area contributed by atoms with Crippen molar-refractivity contribution in [3.05, 3.63) is 23.3 Å². The molecule has 7 nitrogen and oxygen atoms in total. The summed E-state index contributed by atoms with van der Waals surface area (Å²) in [5.41, 5.74) is 6.70. The van der Waals surface area contributed by atoms with Crippen LogP contribution in [0.25, 0.3) is 0 Å². The monoisotopic (exact) mass is 277 g/mol. The number of fused-ring (bicyclic) bond motifs is 1. The predicted molar refractivity (Wildman–Crippen MR) is 71.6 cm³/mol. The molecule has 2 aliphatic rings. The Morgan fingerprint density at radius 1 is 1.45 bits per heavy atom. The lowest BCUT2D eigenvalue weighted by Gasteiger charge is -2.38. The Hall–Kier alpha value is -1.73. The van der Waals surface area contributed by atoms with Gasteiger partial charge in [0.1, 0.15) is 0 Å². The number of nitrogens with one attached hydrogen (secondary N) is 1. The number of hydrogen-bond donors (Lipinski definition) is 3. The van der Waals surface area contributed by atoms with Crippen molar-refractivity contribution in [3.63, 3.8) is 0 Å². The van der Waals surface area contributed by atoms with E-state index < -0.39 is 17.3 Å². The van der Waals surface area contributed by atoms with Crippen molar-refractivity contribution >= 4 is 6.09 Å². The molecule has 0 bridgehead atoms.